The first-order valence-electron chi connectivity index (χ1n) is 5.60. The molecular weight excluding hydrogens is 272 g/mol. The number of rotatable bonds is 5. The Hall–Kier alpha value is -1.04. The zero-order chi connectivity index (χ0) is 12.3. The molecule has 6 heteroatoms. The van der Waals surface area contributed by atoms with Gasteiger partial charge < -0.3 is 15.0 Å². The van der Waals surface area contributed by atoms with Crippen molar-refractivity contribution < 1.29 is 9.26 Å². The maximum atomic E-state index is 5.50. The van der Waals surface area contributed by atoms with Crippen molar-refractivity contribution in [3.63, 3.8) is 0 Å². The summed E-state index contributed by atoms with van der Waals surface area (Å²) < 4.78 is 10.9. The average molecular weight is 289 g/mol. The first-order chi connectivity index (χ1) is 8.24. The standard InChI is InChI=1S/C12H16N2O2S.ClH/c1-8(2)10-11(9-4-3-7-17-9)16-14-12(10)15-6-5-13;/h3-4,7-8H,5-6,13H2,1-2H3;1H. The molecule has 4 nitrogen and oxygen atoms in total. The largest absolute Gasteiger partial charge is 0.474 e. The lowest BCUT2D eigenvalue weighted by Gasteiger charge is -2.07. The zero-order valence-corrected chi connectivity index (χ0v) is 12.0. The van der Waals surface area contributed by atoms with E-state index in [4.69, 9.17) is 15.0 Å². The van der Waals surface area contributed by atoms with Gasteiger partial charge in [-0.25, -0.2) is 0 Å². The van der Waals surface area contributed by atoms with E-state index in [1.54, 1.807) is 11.3 Å². The van der Waals surface area contributed by atoms with E-state index in [-0.39, 0.29) is 12.4 Å². The SMILES string of the molecule is CC(C)c1c(OCCN)noc1-c1cccs1.Cl. The lowest BCUT2D eigenvalue weighted by molar-refractivity contribution is 0.286. The fraction of sp³-hybridized carbons (Fsp3) is 0.417. The van der Waals surface area contributed by atoms with Crippen molar-refractivity contribution in [2.24, 2.45) is 5.73 Å². The highest BCUT2D eigenvalue weighted by Gasteiger charge is 2.22. The van der Waals surface area contributed by atoms with Crippen LogP contribution in [-0.4, -0.2) is 18.3 Å². The van der Waals surface area contributed by atoms with E-state index in [1.165, 1.54) is 0 Å². The maximum absolute atomic E-state index is 5.50. The third-order valence-electron chi connectivity index (χ3n) is 2.37. The van der Waals surface area contributed by atoms with Gasteiger partial charge in [0, 0.05) is 6.54 Å². The minimum Gasteiger partial charge on any atom is -0.474 e. The number of halogens is 1. The number of thiophene rings is 1. The molecule has 0 bridgehead atoms. The molecule has 2 aromatic heterocycles. The second kappa shape index (κ2) is 6.78. The summed E-state index contributed by atoms with van der Waals surface area (Å²) in [5.41, 5.74) is 6.44. The Kier molecular flexibility index (Phi) is 5.65. The van der Waals surface area contributed by atoms with Gasteiger partial charge in [-0.1, -0.05) is 19.9 Å². The quantitative estimate of drug-likeness (QED) is 0.917. The van der Waals surface area contributed by atoms with Crippen LogP contribution >= 0.6 is 23.7 Å². The number of aromatic nitrogens is 1. The van der Waals surface area contributed by atoms with E-state index < -0.39 is 0 Å². The Morgan fingerprint density at radius 1 is 1.50 bits per heavy atom. The van der Waals surface area contributed by atoms with Crippen molar-refractivity contribution in [3.05, 3.63) is 23.1 Å². The van der Waals surface area contributed by atoms with Crippen molar-refractivity contribution in [2.75, 3.05) is 13.2 Å². The van der Waals surface area contributed by atoms with E-state index in [0.717, 1.165) is 16.2 Å². The monoisotopic (exact) mass is 288 g/mol. The Morgan fingerprint density at radius 3 is 2.83 bits per heavy atom. The Bertz CT molecular complexity index is 468. The van der Waals surface area contributed by atoms with Crippen molar-refractivity contribution in [3.8, 4) is 16.5 Å². The lowest BCUT2D eigenvalue weighted by atomic mass is 10.0. The molecule has 0 aliphatic heterocycles. The van der Waals surface area contributed by atoms with E-state index in [0.29, 0.717) is 24.9 Å². The van der Waals surface area contributed by atoms with Gasteiger partial charge in [0.25, 0.3) is 5.88 Å². The number of hydrogen-bond donors (Lipinski definition) is 1. The average Bonchev–Trinajstić information content (AvgIpc) is 2.94. The first kappa shape index (κ1) is 15.0. The van der Waals surface area contributed by atoms with Crippen LogP contribution in [0.15, 0.2) is 22.0 Å². The molecule has 0 radical (unpaired) electrons. The topological polar surface area (TPSA) is 61.3 Å². The Balaban J connectivity index is 0.00000162. The molecule has 0 aromatic carbocycles. The third-order valence-corrected chi connectivity index (χ3v) is 3.24. The summed E-state index contributed by atoms with van der Waals surface area (Å²) in [6.07, 6.45) is 0. The van der Waals surface area contributed by atoms with Crippen LogP contribution in [0.4, 0.5) is 0 Å². The van der Waals surface area contributed by atoms with E-state index in [1.807, 2.05) is 17.5 Å². The molecule has 0 unspecified atom stereocenters. The molecule has 0 aliphatic carbocycles. The fourth-order valence-corrected chi connectivity index (χ4v) is 2.35. The summed E-state index contributed by atoms with van der Waals surface area (Å²) in [5, 5.41) is 6.00. The number of ether oxygens (including phenoxy) is 1. The summed E-state index contributed by atoms with van der Waals surface area (Å²) in [6.45, 7) is 5.12. The van der Waals surface area contributed by atoms with Gasteiger partial charge in [-0.05, 0) is 22.5 Å². The highest BCUT2D eigenvalue weighted by atomic mass is 35.5. The van der Waals surface area contributed by atoms with Crippen LogP contribution in [0.5, 0.6) is 5.88 Å². The summed E-state index contributed by atoms with van der Waals surface area (Å²) >= 11 is 1.63. The van der Waals surface area contributed by atoms with Crippen LogP contribution in [0.2, 0.25) is 0 Å². The summed E-state index contributed by atoms with van der Waals surface area (Å²) in [7, 11) is 0. The summed E-state index contributed by atoms with van der Waals surface area (Å²) in [5.74, 6) is 1.67. The molecule has 18 heavy (non-hydrogen) atoms. The Morgan fingerprint density at radius 2 is 2.28 bits per heavy atom. The molecule has 0 amide bonds. The van der Waals surface area contributed by atoms with E-state index >= 15 is 0 Å². The molecule has 2 heterocycles. The van der Waals surface area contributed by atoms with Gasteiger partial charge in [0.05, 0.1) is 10.4 Å². The van der Waals surface area contributed by atoms with E-state index in [2.05, 4.69) is 19.0 Å². The molecule has 0 spiro atoms. The molecule has 0 atom stereocenters. The summed E-state index contributed by atoms with van der Waals surface area (Å²) in [4.78, 5) is 1.07. The molecule has 0 aliphatic rings. The number of hydrogen-bond acceptors (Lipinski definition) is 5. The molecule has 2 rings (SSSR count). The fourth-order valence-electron chi connectivity index (χ4n) is 1.64. The molecule has 2 aromatic rings. The van der Waals surface area contributed by atoms with Crippen molar-refractivity contribution in [1.29, 1.82) is 0 Å². The van der Waals surface area contributed by atoms with Gasteiger partial charge in [-0.15, -0.1) is 23.7 Å². The van der Waals surface area contributed by atoms with Crippen LogP contribution in [0.3, 0.4) is 0 Å². The van der Waals surface area contributed by atoms with Crippen LogP contribution in [0.25, 0.3) is 10.6 Å². The minimum absolute atomic E-state index is 0. The van der Waals surface area contributed by atoms with Crippen LogP contribution in [-0.2, 0) is 0 Å². The van der Waals surface area contributed by atoms with Gasteiger partial charge in [0.2, 0.25) is 0 Å². The van der Waals surface area contributed by atoms with Gasteiger partial charge in [0.1, 0.15) is 6.61 Å². The van der Waals surface area contributed by atoms with Gasteiger partial charge in [-0.3, -0.25) is 0 Å². The van der Waals surface area contributed by atoms with Crippen molar-refractivity contribution >= 4 is 23.7 Å². The normalized spacial score (nSPS) is 10.4. The third kappa shape index (κ3) is 3.04. The Labute approximate surface area is 117 Å². The maximum Gasteiger partial charge on any atom is 0.258 e. The van der Waals surface area contributed by atoms with Crippen LogP contribution in [0, 0.1) is 0 Å². The van der Waals surface area contributed by atoms with Crippen molar-refractivity contribution in [2.45, 2.75) is 19.8 Å². The first-order valence-corrected chi connectivity index (χ1v) is 6.48. The van der Waals surface area contributed by atoms with Gasteiger partial charge in [0.15, 0.2) is 5.76 Å². The van der Waals surface area contributed by atoms with Gasteiger partial charge >= 0.3 is 0 Å². The van der Waals surface area contributed by atoms with Crippen LogP contribution < -0.4 is 10.5 Å². The molecule has 2 N–H and O–H groups in total. The molecular formula is C12H17ClN2O2S. The zero-order valence-electron chi connectivity index (χ0n) is 10.4. The lowest BCUT2D eigenvalue weighted by Crippen LogP contribution is -2.11. The molecule has 0 saturated carbocycles. The van der Waals surface area contributed by atoms with Crippen molar-refractivity contribution in [1.82, 2.24) is 5.16 Å². The van der Waals surface area contributed by atoms with Crippen LogP contribution in [0.1, 0.15) is 25.3 Å². The molecule has 0 saturated heterocycles. The molecule has 100 valence electrons. The number of nitrogens with zero attached hydrogens (tertiary/aromatic N) is 1. The highest BCUT2D eigenvalue weighted by Crippen LogP contribution is 2.37. The predicted molar refractivity (Wildman–Crippen MR) is 75.7 cm³/mol. The minimum atomic E-state index is 0. The smallest absolute Gasteiger partial charge is 0.258 e. The number of nitrogens with two attached hydrogens (primary N) is 1. The molecule has 0 fully saturated rings. The van der Waals surface area contributed by atoms with Gasteiger partial charge in [-0.2, -0.15) is 0 Å². The second-order valence-electron chi connectivity index (χ2n) is 4.00. The highest BCUT2D eigenvalue weighted by molar-refractivity contribution is 7.13. The predicted octanol–water partition coefficient (Wildman–Crippen LogP) is 3.29. The second-order valence-corrected chi connectivity index (χ2v) is 4.95. The van der Waals surface area contributed by atoms with E-state index in [9.17, 15) is 0 Å². The summed E-state index contributed by atoms with van der Waals surface area (Å²) in [6, 6.07) is 4.01.